The summed E-state index contributed by atoms with van der Waals surface area (Å²) in [6.45, 7) is 1.75. The van der Waals surface area contributed by atoms with E-state index in [0.717, 1.165) is 22.2 Å². The van der Waals surface area contributed by atoms with Gasteiger partial charge in [0.05, 0.1) is 21.7 Å². The van der Waals surface area contributed by atoms with E-state index in [0.29, 0.717) is 26.6 Å². The summed E-state index contributed by atoms with van der Waals surface area (Å²) in [7, 11) is 0. The summed E-state index contributed by atoms with van der Waals surface area (Å²) in [5.41, 5.74) is 1.73. The molecule has 0 aliphatic carbocycles. The van der Waals surface area contributed by atoms with E-state index in [1.807, 2.05) is 36.4 Å². The molecular formula is C21H16N4O4S2. The van der Waals surface area contributed by atoms with E-state index in [1.54, 1.807) is 13.0 Å². The Morgan fingerprint density at radius 1 is 1.23 bits per heavy atom. The first-order valence-electron chi connectivity index (χ1n) is 9.17. The third kappa shape index (κ3) is 4.65. The number of anilines is 1. The van der Waals surface area contributed by atoms with Crippen molar-refractivity contribution in [3.05, 3.63) is 80.6 Å². The number of thioether (sulfide) groups is 1. The van der Waals surface area contributed by atoms with E-state index in [-0.39, 0.29) is 22.9 Å². The molecule has 4 rings (SSSR count). The first kappa shape index (κ1) is 20.8. The molecule has 2 aromatic heterocycles. The van der Waals surface area contributed by atoms with Gasteiger partial charge in [-0.15, -0.1) is 11.3 Å². The van der Waals surface area contributed by atoms with Crippen LogP contribution >= 0.6 is 23.1 Å². The zero-order valence-corrected chi connectivity index (χ0v) is 17.9. The first-order chi connectivity index (χ1) is 14.9. The fraction of sp³-hybridized carbons (Fsp3) is 0.0952. The Labute approximate surface area is 184 Å². The number of nitro groups is 1. The largest absolute Gasteiger partial charge is 0.325 e. The molecule has 0 spiro atoms. The van der Waals surface area contributed by atoms with Crippen LogP contribution in [-0.2, 0) is 4.79 Å². The summed E-state index contributed by atoms with van der Waals surface area (Å²) in [5, 5.41) is 14.5. The molecule has 0 radical (unpaired) electrons. The molecular weight excluding hydrogens is 436 g/mol. The number of fused-ring (bicyclic) bond motifs is 1. The fourth-order valence-corrected chi connectivity index (χ4v) is 4.66. The molecule has 8 nitrogen and oxygen atoms in total. The maximum Gasteiger partial charge on any atom is 0.271 e. The lowest BCUT2D eigenvalue weighted by atomic mass is 10.2. The lowest BCUT2D eigenvalue weighted by molar-refractivity contribution is -0.384. The summed E-state index contributed by atoms with van der Waals surface area (Å²) >= 11 is 2.51. The van der Waals surface area contributed by atoms with Crippen LogP contribution in [0.4, 0.5) is 11.4 Å². The third-order valence-corrected chi connectivity index (χ3v) is 6.44. The Hall–Kier alpha value is -3.50. The number of carbonyl (C=O) groups excluding carboxylic acids is 1. The highest BCUT2D eigenvalue weighted by molar-refractivity contribution is 7.99. The number of benzene rings is 2. The zero-order valence-electron chi connectivity index (χ0n) is 16.2. The van der Waals surface area contributed by atoms with Gasteiger partial charge >= 0.3 is 0 Å². The quantitative estimate of drug-likeness (QED) is 0.191. The Morgan fingerprint density at radius 2 is 2.00 bits per heavy atom. The number of aromatic nitrogens is 2. The number of non-ortho nitro benzene ring substituents is 1. The van der Waals surface area contributed by atoms with Gasteiger partial charge in [0.25, 0.3) is 11.2 Å². The highest BCUT2D eigenvalue weighted by atomic mass is 32.2. The second-order valence-electron chi connectivity index (χ2n) is 6.66. The van der Waals surface area contributed by atoms with Crippen LogP contribution in [0.5, 0.6) is 0 Å². The fourth-order valence-electron chi connectivity index (χ4n) is 2.90. The molecule has 0 aliphatic heterocycles. The predicted octanol–water partition coefficient (Wildman–Crippen LogP) is 4.60. The van der Waals surface area contributed by atoms with Gasteiger partial charge in [-0.1, -0.05) is 48.2 Å². The van der Waals surface area contributed by atoms with Crippen molar-refractivity contribution in [3.63, 3.8) is 0 Å². The van der Waals surface area contributed by atoms with E-state index in [4.69, 9.17) is 0 Å². The van der Waals surface area contributed by atoms with E-state index < -0.39 is 4.92 Å². The van der Waals surface area contributed by atoms with Gasteiger partial charge in [-0.2, -0.15) is 0 Å². The predicted molar refractivity (Wildman–Crippen MR) is 123 cm³/mol. The second-order valence-corrected chi connectivity index (χ2v) is 8.65. The third-order valence-electron chi connectivity index (χ3n) is 4.49. The van der Waals surface area contributed by atoms with Crippen LogP contribution in [0.3, 0.4) is 0 Å². The van der Waals surface area contributed by atoms with Crippen LogP contribution in [0.2, 0.25) is 0 Å². The molecule has 10 heteroatoms. The monoisotopic (exact) mass is 452 g/mol. The molecule has 4 aromatic rings. The standard InChI is InChI=1S/C21H16N4O4S2/c1-12-7-8-14(25(28)29)9-16(12)22-18(26)11-30-21-23-19(27)15-10-17(31-20(15)24-21)13-5-3-2-4-6-13/h2-10H,11H2,1H3,(H,22,26)(H,23,24,27). The van der Waals surface area contributed by atoms with E-state index in [1.165, 1.54) is 23.5 Å². The van der Waals surface area contributed by atoms with E-state index in [9.17, 15) is 19.7 Å². The smallest absolute Gasteiger partial charge is 0.271 e. The number of rotatable bonds is 6. The summed E-state index contributed by atoms with van der Waals surface area (Å²) in [5.74, 6) is -0.361. The van der Waals surface area contributed by atoms with Crippen LogP contribution in [0, 0.1) is 17.0 Å². The van der Waals surface area contributed by atoms with Gasteiger partial charge in [-0.25, -0.2) is 4.98 Å². The van der Waals surface area contributed by atoms with E-state index >= 15 is 0 Å². The molecule has 0 aliphatic rings. The van der Waals surface area contributed by atoms with Gasteiger partial charge in [0.15, 0.2) is 5.16 Å². The maximum absolute atomic E-state index is 12.5. The number of nitrogens with one attached hydrogen (secondary N) is 2. The molecule has 0 atom stereocenters. The Kier molecular flexibility index (Phi) is 5.83. The van der Waals surface area contributed by atoms with Crippen molar-refractivity contribution in [3.8, 4) is 10.4 Å². The van der Waals surface area contributed by atoms with Crippen LogP contribution in [0.25, 0.3) is 20.7 Å². The second kappa shape index (κ2) is 8.70. The van der Waals surface area contributed by atoms with Crippen LogP contribution in [0.1, 0.15) is 5.56 Å². The minimum atomic E-state index is -0.515. The topological polar surface area (TPSA) is 118 Å². The van der Waals surface area contributed by atoms with E-state index in [2.05, 4.69) is 15.3 Å². The van der Waals surface area contributed by atoms with Gasteiger partial charge < -0.3 is 10.3 Å². The van der Waals surface area contributed by atoms with Crippen molar-refractivity contribution in [1.82, 2.24) is 9.97 Å². The number of hydrogen-bond donors (Lipinski definition) is 2. The summed E-state index contributed by atoms with van der Waals surface area (Å²) < 4.78 is 0. The van der Waals surface area contributed by atoms with Crippen molar-refractivity contribution >= 4 is 50.6 Å². The number of carbonyl (C=O) groups is 1. The lowest BCUT2D eigenvalue weighted by Crippen LogP contribution is -2.16. The van der Waals surface area contributed by atoms with Crippen molar-refractivity contribution in [2.24, 2.45) is 0 Å². The van der Waals surface area contributed by atoms with Gasteiger partial charge in [0, 0.05) is 17.0 Å². The number of thiophene rings is 1. The molecule has 2 aromatic carbocycles. The summed E-state index contributed by atoms with van der Waals surface area (Å²) in [6, 6.07) is 15.8. The highest BCUT2D eigenvalue weighted by Gasteiger charge is 2.14. The van der Waals surface area contributed by atoms with Gasteiger partial charge in [-0.05, 0) is 24.1 Å². The summed E-state index contributed by atoms with van der Waals surface area (Å²) in [6.07, 6.45) is 0. The van der Waals surface area contributed by atoms with Gasteiger partial charge in [0.1, 0.15) is 4.83 Å². The Bertz CT molecular complexity index is 1350. The molecule has 0 unspecified atom stereocenters. The first-order valence-corrected chi connectivity index (χ1v) is 11.0. The molecule has 0 fully saturated rings. The number of aromatic amines is 1. The lowest BCUT2D eigenvalue weighted by Gasteiger charge is -2.08. The SMILES string of the molecule is Cc1ccc([N+](=O)[O-])cc1NC(=O)CSc1nc2sc(-c3ccccc3)cc2c(=O)[nH]1. The average Bonchev–Trinajstić information content (AvgIpc) is 3.19. The molecule has 1 amide bonds. The minimum Gasteiger partial charge on any atom is -0.325 e. The normalized spacial score (nSPS) is 10.9. The highest BCUT2D eigenvalue weighted by Crippen LogP contribution is 2.31. The number of H-pyrrole nitrogens is 1. The molecule has 2 N–H and O–H groups in total. The minimum absolute atomic E-state index is 0.00645. The summed E-state index contributed by atoms with van der Waals surface area (Å²) in [4.78, 5) is 43.9. The van der Waals surface area contributed by atoms with Gasteiger partial charge in [-0.3, -0.25) is 19.7 Å². The molecule has 31 heavy (non-hydrogen) atoms. The average molecular weight is 453 g/mol. The number of amides is 1. The zero-order chi connectivity index (χ0) is 22.0. The number of aryl methyl sites for hydroxylation is 1. The van der Waals surface area contributed by atoms with Crippen LogP contribution < -0.4 is 10.9 Å². The van der Waals surface area contributed by atoms with Crippen LogP contribution in [0.15, 0.2) is 64.5 Å². The van der Waals surface area contributed by atoms with Gasteiger partial charge in [0.2, 0.25) is 5.91 Å². The number of nitrogens with zero attached hydrogens (tertiary/aromatic N) is 2. The maximum atomic E-state index is 12.5. The Balaban J connectivity index is 1.49. The van der Waals surface area contributed by atoms with Crippen molar-refractivity contribution < 1.29 is 9.72 Å². The van der Waals surface area contributed by atoms with Crippen molar-refractivity contribution in [1.29, 1.82) is 0 Å². The molecule has 0 bridgehead atoms. The Morgan fingerprint density at radius 3 is 2.74 bits per heavy atom. The molecule has 0 saturated heterocycles. The number of nitro benzene ring substituents is 1. The molecule has 0 saturated carbocycles. The van der Waals surface area contributed by atoms with Crippen LogP contribution in [-0.4, -0.2) is 26.6 Å². The molecule has 2 heterocycles. The molecule has 156 valence electrons. The number of hydrogen-bond acceptors (Lipinski definition) is 7. The van der Waals surface area contributed by atoms with Crippen molar-refractivity contribution in [2.45, 2.75) is 12.1 Å². The van der Waals surface area contributed by atoms with Crippen molar-refractivity contribution in [2.75, 3.05) is 11.1 Å².